The first-order valence-electron chi connectivity index (χ1n) is 19.6. The molecule has 7 rings (SSSR count). The maximum absolute atomic E-state index is 15.0. The molecule has 14 heteroatoms. The van der Waals surface area contributed by atoms with Crippen LogP contribution in [0, 0.1) is 16.7 Å². The highest BCUT2D eigenvalue weighted by atomic mass is 16.6. The number of rotatable bonds is 9. The average molecular weight is 812 g/mol. The van der Waals surface area contributed by atoms with Crippen LogP contribution in [0.25, 0.3) is 0 Å². The van der Waals surface area contributed by atoms with Gasteiger partial charge in [-0.2, -0.15) is 0 Å². The fourth-order valence-corrected chi connectivity index (χ4v) is 9.94. The summed E-state index contributed by atoms with van der Waals surface area (Å²) < 4.78 is 24.2. The van der Waals surface area contributed by atoms with Crippen molar-refractivity contribution in [1.82, 2.24) is 5.32 Å². The number of Topliss-reactive ketones (excluding diaryl/α,β-unsaturated/α-hetero) is 1. The minimum absolute atomic E-state index is 0.0540. The van der Waals surface area contributed by atoms with Gasteiger partial charge in [-0.3, -0.25) is 14.4 Å². The van der Waals surface area contributed by atoms with E-state index in [0.29, 0.717) is 5.56 Å². The third kappa shape index (κ3) is 6.76. The van der Waals surface area contributed by atoms with Crippen molar-refractivity contribution in [2.24, 2.45) is 16.7 Å². The van der Waals surface area contributed by atoms with Crippen molar-refractivity contribution in [2.75, 3.05) is 6.61 Å². The van der Waals surface area contributed by atoms with Gasteiger partial charge in [0.2, 0.25) is 0 Å². The molecule has 11 atom stereocenters. The van der Waals surface area contributed by atoms with Gasteiger partial charge in [0.05, 0.1) is 35.6 Å². The Labute approximate surface area is 341 Å². The summed E-state index contributed by atoms with van der Waals surface area (Å²) in [6, 6.07) is 23.1. The zero-order chi connectivity index (χ0) is 42.7. The lowest BCUT2D eigenvalue weighted by molar-refractivity contribution is -0.346. The zero-order valence-corrected chi connectivity index (χ0v) is 33.4. The van der Waals surface area contributed by atoms with Crippen molar-refractivity contribution in [2.45, 2.75) is 101 Å². The van der Waals surface area contributed by atoms with Crippen LogP contribution in [0.2, 0.25) is 0 Å². The third-order valence-corrected chi connectivity index (χ3v) is 13.2. The first kappa shape index (κ1) is 41.9. The van der Waals surface area contributed by atoms with Crippen LogP contribution < -0.4 is 5.32 Å². The molecule has 1 heterocycles. The largest absolute Gasteiger partial charge is 0.456 e. The summed E-state index contributed by atoms with van der Waals surface area (Å²) in [5.41, 5.74) is -6.86. The summed E-state index contributed by atoms with van der Waals surface area (Å²) in [4.78, 5) is 69.5. The highest BCUT2D eigenvalue weighted by Gasteiger charge is 2.78. The van der Waals surface area contributed by atoms with E-state index in [1.165, 1.54) is 26.0 Å². The maximum atomic E-state index is 15.0. The minimum atomic E-state index is -2.35. The Balaban J connectivity index is 1.34. The summed E-state index contributed by atoms with van der Waals surface area (Å²) in [6.07, 6.45) is -10.5. The van der Waals surface area contributed by atoms with Crippen LogP contribution in [0.4, 0.5) is 0 Å². The molecule has 1 aliphatic heterocycles. The van der Waals surface area contributed by atoms with E-state index >= 15 is 0 Å². The number of esters is 3. The summed E-state index contributed by atoms with van der Waals surface area (Å²) in [5, 5.41) is 51.9. The highest BCUT2D eigenvalue weighted by molar-refractivity contribution is 5.95. The van der Waals surface area contributed by atoms with E-state index in [-0.39, 0.29) is 35.3 Å². The van der Waals surface area contributed by atoms with E-state index in [4.69, 9.17) is 18.9 Å². The molecule has 1 unspecified atom stereocenters. The predicted molar refractivity (Wildman–Crippen MR) is 208 cm³/mol. The molecule has 2 saturated carbocycles. The molecule has 3 aliphatic carbocycles. The molecule has 3 aromatic rings. The van der Waals surface area contributed by atoms with E-state index in [1.807, 2.05) is 0 Å². The van der Waals surface area contributed by atoms with Crippen molar-refractivity contribution < 1.29 is 63.3 Å². The molecule has 1 saturated heterocycles. The van der Waals surface area contributed by atoms with E-state index in [2.05, 4.69) is 5.32 Å². The Kier molecular flexibility index (Phi) is 10.9. The van der Waals surface area contributed by atoms with E-state index in [0.717, 1.165) is 6.92 Å². The van der Waals surface area contributed by atoms with Crippen LogP contribution in [0.5, 0.6) is 0 Å². The Hall–Kier alpha value is -5.25. The van der Waals surface area contributed by atoms with Gasteiger partial charge in [0.15, 0.2) is 17.5 Å². The number of ketones is 1. The number of aliphatic hydroxyl groups is 4. The van der Waals surface area contributed by atoms with Gasteiger partial charge in [-0.15, -0.1) is 0 Å². The predicted octanol–water partition coefficient (Wildman–Crippen LogP) is 3.16. The minimum Gasteiger partial charge on any atom is -0.456 e. The second-order valence-corrected chi connectivity index (χ2v) is 16.8. The number of amides is 1. The van der Waals surface area contributed by atoms with Gasteiger partial charge in [-0.25, -0.2) is 9.59 Å². The monoisotopic (exact) mass is 811 g/mol. The van der Waals surface area contributed by atoms with Gasteiger partial charge in [-0.05, 0) is 54.8 Å². The average Bonchev–Trinajstić information content (AvgIpc) is 3.21. The van der Waals surface area contributed by atoms with Gasteiger partial charge in [0.25, 0.3) is 5.91 Å². The lowest BCUT2D eigenvalue weighted by Crippen LogP contribution is -2.81. The summed E-state index contributed by atoms with van der Waals surface area (Å²) >= 11 is 0. The Morgan fingerprint density at radius 2 is 1.44 bits per heavy atom. The van der Waals surface area contributed by atoms with Crippen LogP contribution in [0.15, 0.2) is 102 Å². The topological polar surface area (TPSA) is 215 Å². The van der Waals surface area contributed by atoms with E-state index < -0.39 is 107 Å². The zero-order valence-electron chi connectivity index (χ0n) is 33.4. The van der Waals surface area contributed by atoms with Crippen molar-refractivity contribution in [3.8, 4) is 0 Å². The van der Waals surface area contributed by atoms with E-state index in [9.17, 15) is 44.4 Å². The van der Waals surface area contributed by atoms with Crippen LogP contribution in [-0.4, -0.2) is 104 Å². The molecule has 3 fully saturated rings. The summed E-state index contributed by atoms with van der Waals surface area (Å²) in [5.74, 6) is -5.89. The van der Waals surface area contributed by atoms with E-state index in [1.54, 1.807) is 92.7 Å². The van der Waals surface area contributed by atoms with Crippen molar-refractivity contribution >= 4 is 29.6 Å². The molecule has 14 nitrogen and oxygen atoms in total. The highest BCUT2D eigenvalue weighted by Crippen LogP contribution is 2.64. The van der Waals surface area contributed by atoms with Gasteiger partial charge < -0.3 is 44.7 Å². The molecule has 3 aromatic carbocycles. The molecular formula is C45H49NO13. The third-order valence-electron chi connectivity index (χ3n) is 13.2. The number of carbonyl (C=O) groups excluding carboxylic acids is 5. The van der Waals surface area contributed by atoms with Gasteiger partial charge in [0, 0.05) is 30.7 Å². The second-order valence-electron chi connectivity index (χ2n) is 16.8. The molecule has 0 spiro atoms. The molecule has 4 aliphatic rings. The first-order chi connectivity index (χ1) is 27.9. The number of ether oxygens (including phenoxy) is 4. The summed E-state index contributed by atoms with van der Waals surface area (Å²) in [7, 11) is 0. The van der Waals surface area contributed by atoms with Crippen LogP contribution >= 0.6 is 0 Å². The van der Waals surface area contributed by atoms with Crippen molar-refractivity contribution in [3.05, 3.63) is 119 Å². The van der Waals surface area contributed by atoms with Gasteiger partial charge in [0.1, 0.15) is 30.0 Å². The SMILES string of the molecule is CC(=O)O[C@@]12CO[C@@H]1C[C@H](O)C1(C)C(=O)[C@H](O)C3=C(C)[C@@H](OC(=O)[C@H](O)[C@@H](NC(=O)c4ccccc4)c4ccccc4)C[C@](O)([C@@H](OC(=O)c4ccccc4)[C@@H]12)C3(C)C. The number of carbonyl (C=O) groups is 5. The number of hydrogen-bond donors (Lipinski definition) is 5. The lowest BCUT2D eigenvalue weighted by Gasteiger charge is -2.67. The van der Waals surface area contributed by atoms with Crippen LogP contribution in [0.1, 0.15) is 79.8 Å². The Morgan fingerprint density at radius 1 is 0.864 bits per heavy atom. The second kappa shape index (κ2) is 15.4. The quantitative estimate of drug-likeness (QED) is 0.120. The number of hydrogen-bond acceptors (Lipinski definition) is 13. The molecule has 5 N–H and O–H groups in total. The van der Waals surface area contributed by atoms with Crippen molar-refractivity contribution in [1.29, 1.82) is 0 Å². The molecule has 2 bridgehead atoms. The Bertz CT molecular complexity index is 2160. The van der Waals surface area contributed by atoms with Gasteiger partial charge >= 0.3 is 17.9 Å². The normalized spacial score (nSPS) is 33.0. The van der Waals surface area contributed by atoms with Gasteiger partial charge in [-0.1, -0.05) is 80.6 Å². The number of fused-ring (bicyclic) bond motifs is 5. The summed E-state index contributed by atoms with van der Waals surface area (Å²) in [6.45, 7) is 6.89. The molecule has 312 valence electrons. The maximum Gasteiger partial charge on any atom is 0.338 e. The number of benzene rings is 3. The van der Waals surface area contributed by atoms with Crippen LogP contribution in [0.3, 0.4) is 0 Å². The van der Waals surface area contributed by atoms with Crippen molar-refractivity contribution in [3.63, 3.8) is 0 Å². The Morgan fingerprint density at radius 3 is 2.00 bits per heavy atom. The fourth-order valence-electron chi connectivity index (χ4n) is 9.94. The molecule has 0 radical (unpaired) electrons. The molecule has 0 aromatic heterocycles. The molecular weight excluding hydrogens is 762 g/mol. The lowest BCUT2D eigenvalue weighted by atomic mass is 9.44. The standard InChI is InChI=1S/C45H49NO13/c1-24-29(57-41(54)35(50)33(26-15-9-6-10-16-26)46-39(52)27-17-11-7-12-18-27)22-45(55)38(58-40(53)28-19-13-8-14-20-28)36-43(5,37(51)34(49)32(24)42(45,3)4)30(48)21-31-44(36,23-56-31)59-25(2)47/h6-20,29-31,33-36,38,48-50,55H,21-23H2,1-5H3,(H,46,52)/t29-,30-,31+,33-,34+,35+,36-,38-,43?,44-,45-/m0/s1. The first-order valence-corrected chi connectivity index (χ1v) is 19.6. The van der Waals surface area contributed by atoms with Crippen LogP contribution in [-0.2, 0) is 33.3 Å². The molecule has 1 amide bonds. The number of nitrogens with one attached hydrogen (secondary N) is 1. The fraction of sp³-hybridized carbons (Fsp3) is 0.444. The number of aliphatic hydroxyl groups excluding tert-OH is 3. The molecule has 59 heavy (non-hydrogen) atoms. The smallest absolute Gasteiger partial charge is 0.338 e.